The molecular weight excluding hydrogens is 128 g/mol. The molecule has 1 saturated heterocycles. The van der Waals surface area contributed by atoms with Gasteiger partial charge in [-0.1, -0.05) is 20.8 Å². The van der Waals surface area contributed by atoms with Crippen LogP contribution in [-0.2, 0) is 0 Å². The molecule has 0 saturated carbocycles. The van der Waals surface area contributed by atoms with E-state index in [-0.39, 0.29) is 0 Å². The first-order chi connectivity index (χ1) is 4.11. The molecule has 0 N–H and O–H groups in total. The first-order valence-corrected chi connectivity index (χ1v) is 4.77. The van der Waals surface area contributed by atoms with Gasteiger partial charge >= 0.3 is 0 Å². The van der Waals surface area contributed by atoms with E-state index in [1.165, 1.54) is 18.6 Å². The molecule has 1 heteroatoms. The molecule has 0 aromatic rings. The Bertz CT molecular complexity index is 85.2. The Balaban J connectivity index is 2.42. The van der Waals surface area contributed by atoms with Gasteiger partial charge in [0, 0.05) is 5.25 Å². The summed E-state index contributed by atoms with van der Waals surface area (Å²) < 4.78 is 0. The largest absolute Gasteiger partial charge is 0.158 e. The summed E-state index contributed by atoms with van der Waals surface area (Å²) in [5.74, 6) is 1.39. The Morgan fingerprint density at radius 2 is 2.00 bits per heavy atom. The zero-order chi connectivity index (χ0) is 6.91. The van der Waals surface area contributed by atoms with Crippen molar-refractivity contribution in [2.45, 2.75) is 38.9 Å². The van der Waals surface area contributed by atoms with Gasteiger partial charge in [-0.05, 0) is 24.0 Å². The molecule has 9 heavy (non-hydrogen) atoms. The summed E-state index contributed by atoms with van der Waals surface area (Å²) in [6.45, 7) is 7.03. The smallest absolute Gasteiger partial charge is 0.00958 e. The molecule has 1 rings (SSSR count). The van der Waals surface area contributed by atoms with Gasteiger partial charge in [0.25, 0.3) is 0 Å². The highest BCUT2D eigenvalue weighted by atomic mass is 32.2. The van der Waals surface area contributed by atoms with E-state index in [9.17, 15) is 0 Å². The monoisotopic (exact) mass is 144 g/mol. The molecule has 1 atom stereocenters. The Morgan fingerprint density at radius 3 is 2.22 bits per heavy atom. The molecule has 1 heterocycles. The van der Waals surface area contributed by atoms with E-state index < -0.39 is 0 Å². The van der Waals surface area contributed by atoms with Crippen LogP contribution in [0.15, 0.2) is 0 Å². The summed E-state index contributed by atoms with van der Waals surface area (Å²) >= 11 is 2.15. The lowest BCUT2D eigenvalue weighted by molar-refractivity contribution is 0.387. The van der Waals surface area contributed by atoms with Crippen LogP contribution in [0.5, 0.6) is 0 Å². The van der Waals surface area contributed by atoms with Crippen molar-refractivity contribution in [2.24, 2.45) is 5.41 Å². The van der Waals surface area contributed by atoms with Crippen molar-refractivity contribution in [1.82, 2.24) is 0 Å². The minimum absolute atomic E-state index is 0.543. The molecule has 1 aliphatic rings. The van der Waals surface area contributed by atoms with Gasteiger partial charge in [0.1, 0.15) is 0 Å². The minimum Gasteiger partial charge on any atom is -0.158 e. The van der Waals surface area contributed by atoms with E-state index in [0.717, 1.165) is 5.25 Å². The van der Waals surface area contributed by atoms with Crippen LogP contribution in [0.4, 0.5) is 0 Å². The molecule has 0 aromatic carbocycles. The summed E-state index contributed by atoms with van der Waals surface area (Å²) in [6.07, 6.45) is 2.88. The molecular formula is C8H16S. The van der Waals surface area contributed by atoms with Crippen molar-refractivity contribution in [2.75, 3.05) is 5.75 Å². The molecule has 0 nitrogen and oxygen atoms in total. The highest BCUT2D eigenvalue weighted by Crippen LogP contribution is 2.38. The number of hydrogen-bond acceptors (Lipinski definition) is 1. The van der Waals surface area contributed by atoms with Crippen molar-refractivity contribution >= 4 is 11.8 Å². The van der Waals surface area contributed by atoms with E-state index in [1.807, 2.05) is 0 Å². The van der Waals surface area contributed by atoms with E-state index in [4.69, 9.17) is 0 Å². The van der Waals surface area contributed by atoms with E-state index in [2.05, 4.69) is 32.5 Å². The topological polar surface area (TPSA) is 0 Å². The van der Waals surface area contributed by atoms with Gasteiger partial charge in [-0.2, -0.15) is 11.8 Å². The van der Waals surface area contributed by atoms with Gasteiger partial charge in [-0.25, -0.2) is 0 Å². The van der Waals surface area contributed by atoms with Crippen LogP contribution in [0.3, 0.4) is 0 Å². The summed E-state index contributed by atoms with van der Waals surface area (Å²) in [6, 6.07) is 0. The van der Waals surface area contributed by atoms with Crippen LogP contribution < -0.4 is 0 Å². The third-order valence-electron chi connectivity index (χ3n) is 1.90. The van der Waals surface area contributed by atoms with Crippen LogP contribution in [0.1, 0.15) is 33.6 Å². The molecule has 0 aromatic heterocycles. The van der Waals surface area contributed by atoms with Crippen molar-refractivity contribution < 1.29 is 0 Å². The first kappa shape index (κ1) is 7.46. The quantitative estimate of drug-likeness (QED) is 0.503. The Morgan fingerprint density at radius 1 is 1.33 bits per heavy atom. The maximum Gasteiger partial charge on any atom is 0.00958 e. The summed E-state index contributed by atoms with van der Waals surface area (Å²) in [5, 5.41) is 0.928. The van der Waals surface area contributed by atoms with Gasteiger partial charge in [-0.3, -0.25) is 0 Å². The molecule has 1 aliphatic heterocycles. The SMILES string of the molecule is CC(C)(C)[C@@H]1CCCS1. The van der Waals surface area contributed by atoms with Crippen molar-refractivity contribution in [3.8, 4) is 0 Å². The highest BCUT2D eigenvalue weighted by molar-refractivity contribution is 8.00. The second-order valence-electron chi connectivity index (χ2n) is 3.87. The third kappa shape index (κ3) is 1.89. The second kappa shape index (κ2) is 2.53. The predicted molar refractivity (Wildman–Crippen MR) is 44.9 cm³/mol. The normalized spacial score (nSPS) is 29.0. The summed E-state index contributed by atoms with van der Waals surface area (Å²) in [7, 11) is 0. The lowest BCUT2D eigenvalue weighted by Gasteiger charge is -2.25. The fraction of sp³-hybridized carbons (Fsp3) is 1.00. The fourth-order valence-electron chi connectivity index (χ4n) is 1.26. The van der Waals surface area contributed by atoms with Crippen LogP contribution in [-0.4, -0.2) is 11.0 Å². The van der Waals surface area contributed by atoms with Crippen LogP contribution in [0.25, 0.3) is 0 Å². The van der Waals surface area contributed by atoms with Crippen molar-refractivity contribution in [3.05, 3.63) is 0 Å². The van der Waals surface area contributed by atoms with Crippen LogP contribution >= 0.6 is 11.8 Å². The standard InChI is InChI=1S/C8H16S/c1-8(2,3)7-5-4-6-9-7/h7H,4-6H2,1-3H3/t7-/m0/s1. The van der Waals surface area contributed by atoms with E-state index >= 15 is 0 Å². The minimum atomic E-state index is 0.543. The molecule has 0 unspecified atom stereocenters. The summed E-state index contributed by atoms with van der Waals surface area (Å²) in [5.41, 5.74) is 0.543. The molecule has 1 fully saturated rings. The molecule has 0 bridgehead atoms. The number of hydrogen-bond donors (Lipinski definition) is 0. The Kier molecular flexibility index (Phi) is 2.10. The second-order valence-corrected chi connectivity index (χ2v) is 5.18. The highest BCUT2D eigenvalue weighted by Gasteiger charge is 2.27. The average Bonchev–Trinajstić information content (AvgIpc) is 2.08. The Labute approximate surface area is 62.4 Å². The molecule has 0 radical (unpaired) electrons. The van der Waals surface area contributed by atoms with Gasteiger partial charge < -0.3 is 0 Å². The number of rotatable bonds is 0. The Hall–Kier alpha value is 0.350. The first-order valence-electron chi connectivity index (χ1n) is 3.72. The van der Waals surface area contributed by atoms with E-state index in [0.29, 0.717) is 5.41 Å². The maximum absolute atomic E-state index is 2.34. The molecule has 0 spiro atoms. The predicted octanol–water partition coefficient (Wildman–Crippen LogP) is 2.93. The maximum atomic E-state index is 2.34. The zero-order valence-corrected chi connectivity index (χ0v) is 7.42. The van der Waals surface area contributed by atoms with Crippen LogP contribution in [0.2, 0.25) is 0 Å². The average molecular weight is 144 g/mol. The van der Waals surface area contributed by atoms with Crippen molar-refractivity contribution in [1.29, 1.82) is 0 Å². The zero-order valence-electron chi connectivity index (χ0n) is 6.61. The van der Waals surface area contributed by atoms with Gasteiger partial charge in [0.2, 0.25) is 0 Å². The van der Waals surface area contributed by atoms with Gasteiger partial charge in [0.15, 0.2) is 0 Å². The molecule has 54 valence electrons. The third-order valence-corrected chi connectivity index (χ3v) is 3.77. The lowest BCUT2D eigenvalue weighted by atomic mass is 9.89. The summed E-state index contributed by atoms with van der Waals surface area (Å²) in [4.78, 5) is 0. The lowest BCUT2D eigenvalue weighted by Crippen LogP contribution is -2.19. The van der Waals surface area contributed by atoms with Crippen LogP contribution in [0, 0.1) is 5.41 Å². The molecule has 0 amide bonds. The number of thioether (sulfide) groups is 1. The van der Waals surface area contributed by atoms with E-state index in [1.54, 1.807) is 0 Å². The fourth-order valence-corrected chi connectivity index (χ4v) is 2.71. The van der Waals surface area contributed by atoms with Gasteiger partial charge in [-0.15, -0.1) is 0 Å². The van der Waals surface area contributed by atoms with Crippen molar-refractivity contribution in [3.63, 3.8) is 0 Å². The van der Waals surface area contributed by atoms with Gasteiger partial charge in [0.05, 0.1) is 0 Å². The molecule has 0 aliphatic carbocycles.